The van der Waals surface area contributed by atoms with E-state index in [4.69, 9.17) is 19.4 Å². The number of carboxylic acid groups (broad SMARTS) is 1. The summed E-state index contributed by atoms with van der Waals surface area (Å²) >= 11 is 0. The minimum atomic E-state index is -5.08. The molecule has 0 spiro atoms. The van der Waals surface area contributed by atoms with Gasteiger partial charge in [-0.3, -0.25) is 0 Å². The van der Waals surface area contributed by atoms with Gasteiger partial charge >= 0.3 is 12.1 Å². The zero-order chi connectivity index (χ0) is 23.0. The molecule has 1 aliphatic heterocycles. The highest BCUT2D eigenvalue weighted by molar-refractivity contribution is 5.73. The molecule has 0 aliphatic carbocycles. The van der Waals surface area contributed by atoms with Crippen LogP contribution in [0.15, 0.2) is 42.5 Å². The Bertz CT molecular complexity index is 849. The first-order valence-corrected chi connectivity index (χ1v) is 9.68. The van der Waals surface area contributed by atoms with Crippen molar-refractivity contribution in [2.75, 3.05) is 27.3 Å². The third-order valence-electron chi connectivity index (χ3n) is 4.99. The van der Waals surface area contributed by atoms with Crippen LogP contribution in [0.2, 0.25) is 0 Å². The molecule has 2 aromatic carbocycles. The highest BCUT2D eigenvalue weighted by Gasteiger charge is 2.38. The van der Waals surface area contributed by atoms with Crippen molar-refractivity contribution in [2.45, 2.75) is 25.1 Å². The van der Waals surface area contributed by atoms with Crippen molar-refractivity contribution in [1.82, 2.24) is 5.32 Å². The van der Waals surface area contributed by atoms with E-state index < -0.39 is 18.2 Å². The summed E-state index contributed by atoms with van der Waals surface area (Å²) in [5, 5.41) is 21.1. The molecule has 6 nitrogen and oxygen atoms in total. The van der Waals surface area contributed by atoms with Gasteiger partial charge in [0, 0.05) is 12.5 Å². The molecule has 0 amide bonds. The standard InChI is InChI=1S/C20H25NO3.C2HF3O2/c1-23-18-10-9-16(12-19(18)24-2)14-5-7-15(8-6-14)20(22)17-4-3-11-21-13-17;3-2(4,5)1(6)7/h5-10,12,17,20-22H,3-4,11,13H2,1-2H3;(H,6,7). The Morgan fingerprint density at radius 2 is 1.65 bits per heavy atom. The molecule has 1 heterocycles. The van der Waals surface area contributed by atoms with Crippen molar-refractivity contribution >= 4 is 5.97 Å². The van der Waals surface area contributed by atoms with Gasteiger partial charge in [-0.25, -0.2) is 4.79 Å². The van der Waals surface area contributed by atoms with Gasteiger partial charge in [0.1, 0.15) is 0 Å². The highest BCUT2D eigenvalue weighted by Crippen LogP contribution is 2.33. The zero-order valence-corrected chi connectivity index (χ0v) is 17.3. The van der Waals surface area contributed by atoms with E-state index in [-0.39, 0.29) is 0 Å². The third kappa shape index (κ3) is 6.86. The lowest BCUT2D eigenvalue weighted by Gasteiger charge is -2.27. The molecule has 1 fully saturated rings. The number of aliphatic hydroxyl groups excluding tert-OH is 1. The predicted octanol–water partition coefficient (Wildman–Crippen LogP) is 4.04. The molecule has 0 radical (unpaired) electrons. The minimum Gasteiger partial charge on any atom is -0.493 e. The van der Waals surface area contributed by atoms with Crippen LogP contribution in [-0.2, 0) is 4.79 Å². The first-order chi connectivity index (χ1) is 14.7. The molecule has 2 aromatic rings. The number of hydrogen-bond donors (Lipinski definition) is 3. The number of methoxy groups -OCH3 is 2. The first kappa shape index (κ1) is 24.5. The summed E-state index contributed by atoms with van der Waals surface area (Å²) in [6, 6.07) is 14.0. The summed E-state index contributed by atoms with van der Waals surface area (Å²) < 4.78 is 42.4. The van der Waals surface area contributed by atoms with Crippen LogP contribution in [0.5, 0.6) is 11.5 Å². The Kier molecular flexibility index (Phi) is 8.70. The van der Waals surface area contributed by atoms with E-state index in [0.717, 1.165) is 48.4 Å². The fourth-order valence-electron chi connectivity index (χ4n) is 3.31. The molecule has 9 heteroatoms. The Balaban J connectivity index is 0.000000423. The van der Waals surface area contributed by atoms with Gasteiger partial charge in [-0.1, -0.05) is 30.3 Å². The monoisotopic (exact) mass is 441 g/mol. The number of alkyl halides is 3. The molecule has 0 bridgehead atoms. The van der Waals surface area contributed by atoms with E-state index >= 15 is 0 Å². The number of aliphatic carboxylic acids is 1. The molecule has 31 heavy (non-hydrogen) atoms. The number of benzene rings is 2. The number of carbonyl (C=O) groups is 1. The molecular weight excluding hydrogens is 415 g/mol. The second-order valence-electron chi connectivity index (χ2n) is 7.05. The van der Waals surface area contributed by atoms with Crippen molar-refractivity contribution in [3.05, 3.63) is 48.0 Å². The zero-order valence-electron chi connectivity index (χ0n) is 17.3. The molecule has 1 saturated heterocycles. The topological polar surface area (TPSA) is 88.0 Å². The molecule has 2 atom stereocenters. The maximum atomic E-state index is 10.6. The number of hydrogen-bond acceptors (Lipinski definition) is 5. The largest absolute Gasteiger partial charge is 0.493 e. The number of piperidine rings is 1. The van der Waals surface area contributed by atoms with Crippen molar-refractivity contribution in [3.8, 4) is 22.6 Å². The average molecular weight is 441 g/mol. The summed E-state index contributed by atoms with van der Waals surface area (Å²) in [6.45, 7) is 1.94. The molecule has 1 aliphatic rings. The van der Waals surface area contributed by atoms with Crippen molar-refractivity contribution in [3.63, 3.8) is 0 Å². The molecule has 3 N–H and O–H groups in total. The third-order valence-corrected chi connectivity index (χ3v) is 4.99. The molecule has 170 valence electrons. The van der Waals surface area contributed by atoms with Crippen LogP contribution in [0.4, 0.5) is 13.2 Å². The number of aliphatic hydroxyl groups is 1. The van der Waals surface area contributed by atoms with E-state index in [1.165, 1.54) is 0 Å². The Morgan fingerprint density at radius 3 is 2.13 bits per heavy atom. The second kappa shape index (κ2) is 11.0. The lowest BCUT2D eigenvalue weighted by molar-refractivity contribution is -0.192. The highest BCUT2D eigenvalue weighted by atomic mass is 19.4. The van der Waals surface area contributed by atoms with E-state index in [0.29, 0.717) is 11.7 Å². The fourth-order valence-corrected chi connectivity index (χ4v) is 3.31. The summed E-state index contributed by atoms with van der Waals surface area (Å²) in [5.74, 6) is -1.02. The van der Waals surface area contributed by atoms with Crippen molar-refractivity contribution in [1.29, 1.82) is 0 Å². The summed E-state index contributed by atoms with van der Waals surface area (Å²) in [6.07, 6.45) is -3.28. The van der Waals surface area contributed by atoms with Crippen LogP contribution < -0.4 is 14.8 Å². The number of halogens is 3. The van der Waals surface area contributed by atoms with Crippen LogP contribution in [0.1, 0.15) is 24.5 Å². The summed E-state index contributed by atoms with van der Waals surface area (Å²) in [5.41, 5.74) is 3.13. The Morgan fingerprint density at radius 1 is 1.06 bits per heavy atom. The average Bonchev–Trinajstić information content (AvgIpc) is 2.78. The quantitative estimate of drug-likeness (QED) is 0.649. The lowest BCUT2D eigenvalue weighted by atomic mass is 9.89. The Hall–Kier alpha value is -2.78. The lowest BCUT2D eigenvalue weighted by Crippen LogP contribution is -2.33. The number of rotatable bonds is 5. The van der Waals surface area contributed by atoms with Gasteiger partial charge in [0.05, 0.1) is 20.3 Å². The van der Waals surface area contributed by atoms with Gasteiger partial charge in [0.2, 0.25) is 0 Å². The summed E-state index contributed by atoms with van der Waals surface area (Å²) in [7, 11) is 3.27. The SMILES string of the molecule is COc1ccc(-c2ccc(C(O)C3CCCNC3)cc2)cc1OC.O=C(O)C(F)(F)F. The van der Waals surface area contributed by atoms with Crippen molar-refractivity contribution in [2.24, 2.45) is 5.92 Å². The van der Waals surface area contributed by atoms with E-state index in [1.807, 2.05) is 30.3 Å². The van der Waals surface area contributed by atoms with Crippen LogP contribution in [0.25, 0.3) is 11.1 Å². The first-order valence-electron chi connectivity index (χ1n) is 9.68. The summed E-state index contributed by atoms with van der Waals surface area (Å²) in [4.78, 5) is 8.90. The maximum Gasteiger partial charge on any atom is 0.490 e. The molecule has 3 rings (SSSR count). The molecule has 0 saturated carbocycles. The van der Waals surface area contributed by atoms with Gasteiger partial charge in [-0.15, -0.1) is 0 Å². The minimum absolute atomic E-state index is 0.297. The molecular formula is C22H26F3NO5. The Labute approximate surface area is 178 Å². The van der Waals surface area contributed by atoms with E-state index in [9.17, 15) is 18.3 Å². The number of ether oxygens (including phenoxy) is 2. The smallest absolute Gasteiger partial charge is 0.490 e. The van der Waals surface area contributed by atoms with E-state index in [2.05, 4.69) is 17.4 Å². The van der Waals surface area contributed by atoms with Crippen LogP contribution in [0, 0.1) is 5.92 Å². The number of carboxylic acids is 1. The van der Waals surface area contributed by atoms with Crippen molar-refractivity contribution < 1.29 is 37.7 Å². The van der Waals surface area contributed by atoms with Gasteiger partial charge in [-0.2, -0.15) is 13.2 Å². The molecule has 2 unspecified atom stereocenters. The number of nitrogens with one attached hydrogen (secondary N) is 1. The van der Waals surface area contributed by atoms with Crippen LogP contribution in [0.3, 0.4) is 0 Å². The van der Waals surface area contributed by atoms with Gasteiger partial charge in [0.15, 0.2) is 11.5 Å². The fraction of sp³-hybridized carbons (Fsp3) is 0.409. The van der Waals surface area contributed by atoms with Gasteiger partial charge in [0.25, 0.3) is 0 Å². The normalized spacial score (nSPS) is 17.2. The second-order valence-corrected chi connectivity index (χ2v) is 7.05. The van der Waals surface area contributed by atoms with Crippen LogP contribution in [-0.4, -0.2) is 49.7 Å². The van der Waals surface area contributed by atoms with Crippen LogP contribution >= 0.6 is 0 Å². The predicted molar refractivity (Wildman–Crippen MR) is 109 cm³/mol. The van der Waals surface area contributed by atoms with E-state index in [1.54, 1.807) is 14.2 Å². The van der Waals surface area contributed by atoms with Gasteiger partial charge < -0.3 is 25.0 Å². The molecule has 0 aromatic heterocycles. The van der Waals surface area contributed by atoms with Gasteiger partial charge in [-0.05, 0) is 48.2 Å². The maximum absolute atomic E-state index is 10.6.